The smallest absolute Gasteiger partial charge is 0.113 e. The van der Waals surface area contributed by atoms with Crippen molar-refractivity contribution >= 4 is 23.1 Å². The first-order valence-electron chi connectivity index (χ1n) is 5.22. The molecule has 0 radical (unpaired) electrons. The summed E-state index contributed by atoms with van der Waals surface area (Å²) in [4.78, 5) is 11.3. The summed E-state index contributed by atoms with van der Waals surface area (Å²) in [6.07, 6.45) is 5.16. The van der Waals surface area contributed by atoms with Crippen LogP contribution < -0.4 is 0 Å². The average molecular weight is 239 g/mol. The van der Waals surface area contributed by atoms with Gasteiger partial charge in [0.25, 0.3) is 0 Å². The van der Waals surface area contributed by atoms with Crippen LogP contribution in [0.1, 0.15) is 0 Å². The number of nitrogens with zero attached hydrogens (tertiary/aromatic N) is 2. The molecule has 1 N–H and O–H groups in total. The number of nitrogens with one attached hydrogen (secondary N) is 1. The van der Waals surface area contributed by atoms with Gasteiger partial charge in [-0.05, 0) is 23.8 Å². The maximum atomic E-state index is 5.25. The predicted molar refractivity (Wildman–Crippen MR) is 70.2 cm³/mol. The van der Waals surface area contributed by atoms with Crippen LogP contribution in [-0.2, 0) is 0 Å². The lowest BCUT2D eigenvalue weighted by molar-refractivity contribution is 1.15. The third-order valence-electron chi connectivity index (χ3n) is 2.63. The topological polar surface area (TPSA) is 41.6 Å². The highest BCUT2D eigenvalue weighted by atomic mass is 32.1. The lowest BCUT2D eigenvalue weighted by atomic mass is 10.1. The van der Waals surface area contributed by atoms with Gasteiger partial charge in [-0.1, -0.05) is 24.4 Å². The summed E-state index contributed by atoms with van der Waals surface area (Å²) in [5.74, 6) is 0. The monoisotopic (exact) mass is 239 g/mol. The second-order valence-electron chi connectivity index (χ2n) is 3.71. The summed E-state index contributed by atoms with van der Waals surface area (Å²) < 4.78 is 0.697. The second kappa shape index (κ2) is 4.07. The van der Waals surface area contributed by atoms with E-state index in [0.717, 1.165) is 22.0 Å². The number of hydrogen-bond acceptors (Lipinski definition) is 3. The van der Waals surface area contributed by atoms with Crippen LogP contribution in [0.2, 0.25) is 0 Å². The largest absolute Gasteiger partial charge is 0.337 e. The van der Waals surface area contributed by atoms with Gasteiger partial charge in [0.1, 0.15) is 4.64 Å². The molecule has 82 valence electrons. The lowest BCUT2D eigenvalue weighted by Crippen LogP contribution is -1.85. The summed E-state index contributed by atoms with van der Waals surface area (Å²) in [6, 6.07) is 10.0. The van der Waals surface area contributed by atoms with Crippen molar-refractivity contribution in [1.29, 1.82) is 0 Å². The van der Waals surface area contributed by atoms with E-state index in [2.05, 4.69) is 21.0 Å². The number of rotatable bonds is 1. The Bertz CT molecular complexity index is 734. The highest BCUT2D eigenvalue weighted by molar-refractivity contribution is 7.71. The highest BCUT2D eigenvalue weighted by Crippen LogP contribution is 2.22. The Morgan fingerprint density at radius 2 is 2.12 bits per heavy atom. The molecule has 17 heavy (non-hydrogen) atoms. The molecular formula is C13H9N3S. The van der Waals surface area contributed by atoms with Crippen molar-refractivity contribution in [1.82, 2.24) is 15.0 Å². The fourth-order valence-electron chi connectivity index (χ4n) is 1.79. The van der Waals surface area contributed by atoms with E-state index < -0.39 is 0 Å². The molecular weight excluding hydrogens is 230 g/mol. The molecule has 0 saturated heterocycles. The Labute approximate surface area is 103 Å². The Morgan fingerprint density at radius 3 is 3.00 bits per heavy atom. The summed E-state index contributed by atoms with van der Waals surface area (Å²) in [5.41, 5.74) is 2.98. The van der Waals surface area contributed by atoms with E-state index in [1.54, 1.807) is 18.7 Å². The minimum absolute atomic E-state index is 0.697. The number of aromatic amines is 1. The maximum absolute atomic E-state index is 5.25. The molecule has 0 aliphatic carbocycles. The van der Waals surface area contributed by atoms with Crippen LogP contribution in [0, 0.1) is 4.64 Å². The molecule has 0 bridgehead atoms. The van der Waals surface area contributed by atoms with Crippen molar-refractivity contribution in [3.8, 4) is 11.1 Å². The minimum atomic E-state index is 0.697. The van der Waals surface area contributed by atoms with E-state index in [1.807, 2.05) is 24.3 Å². The van der Waals surface area contributed by atoms with Gasteiger partial charge in [0, 0.05) is 23.3 Å². The van der Waals surface area contributed by atoms with E-state index in [1.165, 1.54) is 0 Å². The molecule has 0 fully saturated rings. The Hall–Kier alpha value is -2.07. The minimum Gasteiger partial charge on any atom is -0.337 e. The lowest BCUT2D eigenvalue weighted by Gasteiger charge is -2.03. The first-order valence-corrected chi connectivity index (χ1v) is 5.63. The van der Waals surface area contributed by atoms with Gasteiger partial charge in [-0.15, -0.1) is 0 Å². The van der Waals surface area contributed by atoms with Crippen LogP contribution in [-0.4, -0.2) is 15.0 Å². The van der Waals surface area contributed by atoms with Crippen LogP contribution in [0.5, 0.6) is 0 Å². The molecule has 3 nitrogen and oxygen atoms in total. The van der Waals surface area contributed by atoms with Gasteiger partial charge in [-0.2, -0.15) is 0 Å². The van der Waals surface area contributed by atoms with Crippen LogP contribution in [0.25, 0.3) is 22.0 Å². The van der Waals surface area contributed by atoms with Crippen LogP contribution >= 0.6 is 12.2 Å². The third-order valence-corrected chi connectivity index (χ3v) is 2.97. The number of H-pyrrole nitrogens is 1. The number of aromatic nitrogens is 3. The van der Waals surface area contributed by atoms with Crippen LogP contribution in [0.4, 0.5) is 0 Å². The molecule has 2 heterocycles. The van der Waals surface area contributed by atoms with Crippen molar-refractivity contribution in [2.45, 2.75) is 0 Å². The van der Waals surface area contributed by atoms with Gasteiger partial charge >= 0.3 is 0 Å². The predicted octanol–water partition coefficient (Wildman–Crippen LogP) is 3.35. The molecule has 0 atom stereocenters. The van der Waals surface area contributed by atoms with Gasteiger partial charge in [0.2, 0.25) is 0 Å². The maximum Gasteiger partial charge on any atom is 0.113 e. The van der Waals surface area contributed by atoms with Gasteiger partial charge in [-0.3, -0.25) is 4.98 Å². The van der Waals surface area contributed by atoms with Crippen molar-refractivity contribution < 1.29 is 0 Å². The molecule has 1 aromatic carbocycles. The van der Waals surface area contributed by atoms with E-state index in [4.69, 9.17) is 12.2 Å². The Balaban J connectivity index is 2.25. The Morgan fingerprint density at radius 1 is 1.18 bits per heavy atom. The number of fused-ring (bicyclic) bond motifs is 1. The third kappa shape index (κ3) is 1.83. The molecule has 3 aromatic rings. The SMILES string of the molecule is S=c1[nH]cncc1-c1ccc2ncccc2c1. The van der Waals surface area contributed by atoms with Crippen LogP contribution in [0.3, 0.4) is 0 Å². The van der Waals surface area contributed by atoms with Gasteiger partial charge < -0.3 is 4.98 Å². The molecule has 4 heteroatoms. The first kappa shape index (κ1) is 10.1. The van der Waals surface area contributed by atoms with Crippen LogP contribution in [0.15, 0.2) is 49.1 Å². The van der Waals surface area contributed by atoms with Gasteiger partial charge in [-0.25, -0.2) is 4.98 Å². The molecule has 0 aliphatic heterocycles. The standard InChI is InChI=1S/C13H9N3S/c17-13-11(7-14-8-16-13)9-3-4-12-10(6-9)2-1-5-15-12/h1-8H,(H,14,16,17). The van der Waals surface area contributed by atoms with Crippen molar-refractivity contribution in [3.05, 3.63) is 53.7 Å². The number of hydrogen-bond donors (Lipinski definition) is 1. The van der Waals surface area contributed by atoms with E-state index in [0.29, 0.717) is 4.64 Å². The van der Waals surface area contributed by atoms with E-state index in [-0.39, 0.29) is 0 Å². The number of benzene rings is 1. The molecule has 0 saturated carbocycles. The molecule has 2 aromatic heterocycles. The average Bonchev–Trinajstić information content (AvgIpc) is 2.39. The number of pyridine rings is 1. The molecule has 0 spiro atoms. The van der Waals surface area contributed by atoms with E-state index in [9.17, 15) is 0 Å². The zero-order valence-corrected chi connectivity index (χ0v) is 9.74. The van der Waals surface area contributed by atoms with Gasteiger partial charge in [0.15, 0.2) is 0 Å². The van der Waals surface area contributed by atoms with Crippen molar-refractivity contribution in [3.63, 3.8) is 0 Å². The zero-order valence-electron chi connectivity index (χ0n) is 8.92. The normalized spacial score (nSPS) is 10.6. The molecule has 3 rings (SSSR count). The molecule has 0 unspecified atom stereocenters. The summed E-state index contributed by atoms with van der Waals surface area (Å²) >= 11 is 5.25. The van der Waals surface area contributed by atoms with E-state index >= 15 is 0 Å². The quantitative estimate of drug-likeness (QED) is 0.662. The fraction of sp³-hybridized carbons (Fsp3) is 0. The summed E-state index contributed by atoms with van der Waals surface area (Å²) in [5, 5.41) is 1.10. The van der Waals surface area contributed by atoms with Crippen molar-refractivity contribution in [2.24, 2.45) is 0 Å². The second-order valence-corrected chi connectivity index (χ2v) is 4.11. The Kier molecular flexibility index (Phi) is 2.42. The molecule has 0 aliphatic rings. The van der Waals surface area contributed by atoms with Gasteiger partial charge in [0.05, 0.1) is 11.8 Å². The first-order chi connectivity index (χ1) is 8.34. The molecule has 0 amide bonds. The summed E-state index contributed by atoms with van der Waals surface area (Å²) in [7, 11) is 0. The van der Waals surface area contributed by atoms with Crippen molar-refractivity contribution in [2.75, 3.05) is 0 Å². The highest BCUT2D eigenvalue weighted by Gasteiger charge is 2.01. The fourth-order valence-corrected chi connectivity index (χ4v) is 2.02. The zero-order chi connectivity index (χ0) is 11.7. The summed E-state index contributed by atoms with van der Waals surface area (Å²) in [6.45, 7) is 0.